The quantitative estimate of drug-likeness (QED) is 0.312. The van der Waals surface area contributed by atoms with Crippen LogP contribution >= 0.6 is 0 Å². The number of rotatable bonds is 7. The lowest BCUT2D eigenvalue weighted by molar-refractivity contribution is 0.314. The molecular weight excluding hydrogens is 262 g/mol. The van der Waals surface area contributed by atoms with Crippen molar-refractivity contribution in [3.8, 4) is 0 Å². The Kier molecular flexibility index (Phi) is 6.54. The molecule has 4 N–H and O–H groups in total. The lowest BCUT2D eigenvalue weighted by atomic mass is 9.87. The molecule has 4 heteroatoms. The fraction of sp³-hybridized carbons (Fsp3) is 0.588. The summed E-state index contributed by atoms with van der Waals surface area (Å²) < 4.78 is 0. The molecule has 0 heterocycles. The molecule has 116 valence electrons. The summed E-state index contributed by atoms with van der Waals surface area (Å²) in [6.45, 7) is 0.989. The summed E-state index contributed by atoms with van der Waals surface area (Å²) in [7, 11) is 0. The summed E-state index contributed by atoms with van der Waals surface area (Å²) in [6, 6.07) is 10.3. The van der Waals surface area contributed by atoms with Crippen LogP contribution in [0.1, 0.15) is 56.6 Å². The van der Waals surface area contributed by atoms with Gasteiger partial charge in [-0.05, 0) is 24.4 Å². The molecule has 1 saturated carbocycles. The van der Waals surface area contributed by atoms with E-state index in [1.54, 1.807) is 0 Å². The third-order valence-corrected chi connectivity index (χ3v) is 4.41. The first-order valence-electron chi connectivity index (χ1n) is 8.04. The van der Waals surface area contributed by atoms with Crippen LogP contribution < -0.4 is 11.1 Å². The van der Waals surface area contributed by atoms with Crippen LogP contribution in [0, 0.1) is 5.92 Å². The Hall–Kier alpha value is -1.55. The highest BCUT2D eigenvalue weighted by Crippen LogP contribution is 2.26. The standard InChI is InChI=1S/C17H27N3O/c18-17(20-21)13-16(15-9-5-2-6-10-15)19-12-11-14-7-3-1-4-8-14/h2,5-6,9-10,14,16,19,21H,1,3-4,7-8,11-13H2,(H2,18,20). The van der Waals surface area contributed by atoms with E-state index < -0.39 is 0 Å². The zero-order valence-electron chi connectivity index (χ0n) is 12.7. The van der Waals surface area contributed by atoms with Crippen molar-refractivity contribution in [2.75, 3.05) is 6.54 Å². The molecular formula is C17H27N3O. The molecule has 4 nitrogen and oxygen atoms in total. The van der Waals surface area contributed by atoms with E-state index in [1.165, 1.54) is 44.1 Å². The first-order chi connectivity index (χ1) is 10.3. The molecule has 0 radical (unpaired) electrons. The van der Waals surface area contributed by atoms with Gasteiger partial charge in [0.05, 0.1) is 0 Å². The molecule has 0 aliphatic heterocycles. The van der Waals surface area contributed by atoms with Gasteiger partial charge >= 0.3 is 0 Å². The first-order valence-corrected chi connectivity index (χ1v) is 8.04. The number of oxime groups is 1. The third kappa shape index (κ3) is 5.38. The smallest absolute Gasteiger partial charge is 0.141 e. The zero-order valence-corrected chi connectivity index (χ0v) is 12.7. The van der Waals surface area contributed by atoms with E-state index >= 15 is 0 Å². The Labute approximate surface area is 127 Å². The molecule has 1 aromatic carbocycles. The number of benzene rings is 1. The van der Waals surface area contributed by atoms with E-state index in [1.807, 2.05) is 18.2 Å². The van der Waals surface area contributed by atoms with Crippen molar-refractivity contribution >= 4 is 5.84 Å². The van der Waals surface area contributed by atoms with E-state index in [9.17, 15) is 0 Å². The Morgan fingerprint density at radius 1 is 1.24 bits per heavy atom. The van der Waals surface area contributed by atoms with Crippen LogP contribution in [-0.4, -0.2) is 17.6 Å². The highest BCUT2D eigenvalue weighted by molar-refractivity contribution is 5.80. The first kappa shape index (κ1) is 15.8. The van der Waals surface area contributed by atoms with Crippen LogP contribution in [0.5, 0.6) is 0 Å². The number of nitrogens with two attached hydrogens (primary N) is 1. The Morgan fingerprint density at radius 2 is 1.95 bits per heavy atom. The summed E-state index contributed by atoms with van der Waals surface area (Å²) in [6.07, 6.45) is 8.67. The summed E-state index contributed by atoms with van der Waals surface area (Å²) in [5, 5.41) is 15.5. The van der Waals surface area contributed by atoms with Gasteiger partial charge in [0.2, 0.25) is 0 Å². The van der Waals surface area contributed by atoms with Gasteiger partial charge in [0, 0.05) is 12.5 Å². The van der Waals surface area contributed by atoms with Crippen LogP contribution in [-0.2, 0) is 0 Å². The molecule has 1 aliphatic rings. The van der Waals surface area contributed by atoms with Gasteiger partial charge in [-0.15, -0.1) is 0 Å². The lowest BCUT2D eigenvalue weighted by Crippen LogP contribution is -2.28. The van der Waals surface area contributed by atoms with Crippen LogP contribution in [0.25, 0.3) is 0 Å². The van der Waals surface area contributed by atoms with Crippen molar-refractivity contribution in [1.29, 1.82) is 0 Å². The molecule has 0 spiro atoms. The van der Waals surface area contributed by atoms with Gasteiger partial charge in [-0.3, -0.25) is 0 Å². The topological polar surface area (TPSA) is 70.6 Å². The number of hydrogen-bond acceptors (Lipinski definition) is 3. The van der Waals surface area contributed by atoms with Gasteiger partial charge in [-0.2, -0.15) is 0 Å². The molecule has 0 bridgehead atoms. The molecule has 2 rings (SSSR count). The molecule has 1 fully saturated rings. The van der Waals surface area contributed by atoms with E-state index in [2.05, 4.69) is 22.6 Å². The van der Waals surface area contributed by atoms with E-state index in [0.29, 0.717) is 6.42 Å². The van der Waals surface area contributed by atoms with Crippen molar-refractivity contribution in [3.05, 3.63) is 35.9 Å². The van der Waals surface area contributed by atoms with Crippen LogP contribution in [0.2, 0.25) is 0 Å². The van der Waals surface area contributed by atoms with Crippen molar-refractivity contribution in [2.24, 2.45) is 16.8 Å². The maximum absolute atomic E-state index is 8.80. The van der Waals surface area contributed by atoms with E-state index in [-0.39, 0.29) is 11.9 Å². The van der Waals surface area contributed by atoms with Gasteiger partial charge in [0.25, 0.3) is 0 Å². The van der Waals surface area contributed by atoms with Gasteiger partial charge in [-0.25, -0.2) is 0 Å². The average Bonchev–Trinajstić information content (AvgIpc) is 2.55. The molecule has 1 aliphatic carbocycles. The fourth-order valence-corrected chi connectivity index (χ4v) is 3.18. The average molecular weight is 289 g/mol. The zero-order chi connectivity index (χ0) is 14.9. The molecule has 21 heavy (non-hydrogen) atoms. The second-order valence-electron chi connectivity index (χ2n) is 6.01. The Bertz CT molecular complexity index is 427. The monoisotopic (exact) mass is 289 g/mol. The van der Waals surface area contributed by atoms with Crippen molar-refractivity contribution in [1.82, 2.24) is 5.32 Å². The summed E-state index contributed by atoms with van der Waals surface area (Å²) >= 11 is 0. The largest absolute Gasteiger partial charge is 0.409 e. The number of nitrogens with zero attached hydrogens (tertiary/aromatic N) is 1. The van der Waals surface area contributed by atoms with Crippen LogP contribution in [0.4, 0.5) is 0 Å². The number of amidine groups is 1. The molecule has 0 saturated heterocycles. The van der Waals surface area contributed by atoms with Crippen LogP contribution in [0.15, 0.2) is 35.5 Å². The molecule has 0 aromatic heterocycles. The van der Waals surface area contributed by atoms with E-state index in [4.69, 9.17) is 10.9 Å². The van der Waals surface area contributed by atoms with Gasteiger partial charge in [-0.1, -0.05) is 67.6 Å². The van der Waals surface area contributed by atoms with Gasteiger partial charge in [0.1, 0.15) is 5.84 Å². The SMILES string of the molecule is NC(CC(NCCC1CCCCC1)c1ccccc1)=NO. The second kappa shape index (κ2) is 8.67. The third-order valence-electron chi connectivity index (χ3n) is 4.41. The second-order valence-corrected chi connectivity index (χ2v) is 6.01. The maximum atomic E-state index is 8.80. The predicted octanol–water partition coefficient (Wildman–Crippen LogP) is 3.42. The molecule has 1 unspecified atom stereocenters. The Morgan fingerprint density at radius 3 is 2.62 bits per heavy atom. The summed E-state index contributed by atoms with van der Waals surface area (Å²) in [5.74, 6) is 1.14. The highest BCUT2D eigenvalue weighted by Gasteiger charge is 2.16. The molecule has 0 amide bonds. The van der Waals surface area contributed by atoms with Gasteiger partial charge in [0.15, 0.2) is 0 Å². The normalized spacial score (nSPS) is 18.6. The summed E-state index contributed by atoms with van der Waals surface area (Å²) in [5.41, 5.74) is 6.87. The Balaban J connectivity index is 1.86. The van der Waals surface area contributed by atoms with Gasteiger partial charge < -0.3 is 16.3 Å². The maximum Gasteiger partial charge on any atom is 0.141 e. The number of nitrogens with one attached hydrogen (secondary N) is 1. The van der Waals surface area contributed by atoms with Crippen molar-refractivity contribution in [3.63, 3.8) is 0 Å². The highest BCUT2D eigenvalue weighted by atomic mass is 16.4. The number of hydrogen-bond donors (Lipinski definition) is 3. The summed E-state index contributed by atoms with van der Waals surface area (Å²) in [4.78, 5) is 0. The van der Waals surface area contributed by atoms with Crippen molar-refractivity contribution in [2.45, 2.75) is 51.0 Å². The predicted molar refractivity (Wildman–Crippen MR) is 86.4 cm³/mol. The minimum absolute atomic E-state index is 0.116. The van der Waals surface area contributed by atoms with Crippen molar-refractivity contribution < 1.29 is 5.21 Å². The van der Waals surface area contributed by atoms with E-state index in [0.717, 1.165) is 12.5 Å². The molecule has 1 aromatic rings. The molecule has 1 atom stereocenters. The lowest BCUT2D eigenvalue weighted by Gasteiger charge is -2.24. The minimum Gasteiger partial charge on any atom is -0.409 e. The fourth-order valence-electron chi connectivity index (χ4n) is 3.18. The minimum atomic E-state index is 0.116. The van der Waals surface area contributed by atoms with Crippen LogP contribution in [0.3, 0.4) is 0 Å².